The number of aliphatic hydroxyl groups is 1. The molecule has 0 aromatic carbocycles. The van der Waals surface area contributed by atoms with Gasteiger partial charge in [-0.15, -0.1) is 0 Å². The zero-order chi connectivity index (χ0) is 8.85. The Kier molecular flexibility index (Phi) is 4.45. The van der Waals surface area contributed by atoms with Crippen LogP contribution in [-0.4, -0.2) is 30.1 Å². The van der Waals surface area contributed by atoms with Crippen LogP contribution >= 0.6 is 0 Å². The normalized spacial score (nSPS) is 12.3. The molecule has 0 bridgehead atoms. The molecule has 0 aromatic heterocycles. The molecule has 0 saturated heterocycles. The molecule has 64 valence electrons. The molecule has 0 heterocycles. The molecule has 0 aliphatic rings. The fraction of sp³-hybridized carbons (Fsp3) is 0.714. The number of ketones is 1. The Labute approximate surface area is 65.2 Å². The molecule has 1 N–H and O–H groups in total. The van der Waals surface area contributed by atoms with Gasteiger partial charge < -0.3 is 9.84 Å². The van der Waals surface area contributed by atoms with E-state index in [4.69, 9.17) is 5.11 Å². The Morgan fingerprint density at radius 1 is 1.55 bits per heavy atom. The van der Waals surface area contributed by atoms with Crippen LogP contribution in [0.4, 0.5) is 0 Å². The maximum atomic E-state index is 10.8. The lowest BCUT2D eigenvalue weighted by atomic mass is 10.1. The SMILES string of the molecule is COC(=O)CC(=O)CC(C)O. The van der Waals surface area contributed by atoms with Gasteiger partial charge in [0, 0.05) is 6.42 Å². The van der Waals surface area contributed by atoms with Crippen molar-refractivity contribution in [3.8, 4) is 0 Å². The van der Waals surface area contributed by atoms with E-state index in [1.165, 1.54) is 14.0 Å². The molecule has 0 aliphatic heterocycles. The van der Waals surface area contributed by atoms with Crippen LogP contribution in [0.5, 0.6) is 0 Å². The second-order valence-electron chi connectivity index (χ2n) is 2.34. The number of Topliss-reactive ketones (excluding diaryl/α,β-unsaturated/α-hetero) is 1. The van der Waals surface area contributed by atoms with Gasteiger partial charge >= 0.3 is 5.97 Å². The molecule has 0 aromatic rings. The highest BCUT2D eigenvalue weighted by molar-refractivity contribution is 5.95. The van der Waals surface area contributed by atoms with Gasteiger partial charge in [-0.2, -0.15) is 0 Å². The van der Waals surface area contributed by atoms with E-state index in [9.17, 15) is 9.59 Å². The van der Waals surface area contributed by atoms with Crippen molar-refractivity contribution in [3.63, 3.8) is 0 Å². The van der Waals surface area contributed by atoms with Crippen LogP contribution in [0, 0.1) is 0 Å². The summed E-state index contributed by atoms with van der Waals surface area (Å²) in [5, 5.41) is 8.74. The predicted octanol–water partition coefficient (Wildman–Crippen LogP) is -0.110. The second-order valence-corrected chi connectivity index (χ2v) is 2.34. The summed E-state index contributed by atoms with van der Waals surface area (Å²) in [5.41, 5.74) is 0. The van der Waals surface area contributed by atoms with Crippen molar-refractivity contribution in [1.82, 2.24) is 0 Å². The van der Waals surface area contributed by atoms with Gasteiger partial charge in [-0.1, -0.05) is 0 Å². The minimum atomic E-state index is -0.688. The molecule has 0 aliphatic carbocycles. The Hall–Kier alpha value is -0.900. The lowest BCUT2D eigenvalue weighted by Gasteiger charge is -2.01. The lowest BCUT2D eigenvalue weighted by Crippen LogP contribution is -2.14. The second kappa shape index (κ2) is 4.85. The molecule has 11 heavy (non-hydrogen) atoms. The summed E-state index contributed by atoms with van der Waals surface area (Å²) < 4.78 is 4.26. The van der Waals surface area contributed by atoms with Gasteiger partial charge in [0.1, 0.15) is 12.2 Å². The first kappa shape index (κ1) is 10.1. The first-order chi connectivity index (χ1) is 5.06. The molecule has 4 heteroatoms. The maximum Gasteiger partial charge on any atom is 0.313 e. The van der Waals surface area contributed by atoms with E-state index in [1.54, 1.807) is 0 Å². The van der Waals surface area contributed by atoms with Crippen molar-refractivity contribution in [1.29, 1.82) is 0 Å². The zero-order valence-corrected chi connectivity index (χ0v) is 6.66. The van der Waals surface area contributed by atoms with Crippen LogP contribution in [-0.2, 0) is 14.3 Å². The molecular weight excluding hydrogens is 148 g/mol. The summed E-state index contributed by atoms with van der Waals surface area (Å²) in [4.78, 5) is 21.2. The number of carbonyl (C=O) groups is 2. The Balaban J connectivity index is 3.61. The fourth-order valence-electron chi connectivity index (χ4n) is 0.635. The van der Waals surface area contributed by atoms with E-state index in [0.29, 0.717) is 0 Å². The van der Waals surface area contributed by atoms with Gasteiger partial charge in [0.15, 0.2) is 0 Å². The summed E-state index contributed by atoms with van der Waals surface area (Å²) in [5.74, 6) is -0.859. The highest BCUT2D eigenvalue weighted by Crippen LogP contribution is 1.96. The molecule has 0 spiro atoms. The van der Waals surface area contributed by atoms with Crippen LogP contribution in [0.25, 0.3) is 0 Å². The van der Waals surface area contributed by atoms with Gasteiger partial charge in [0.05, 0.1) is 13.2 Å². The Morgan fingerprint density at radius 3 is 2.45 bits per heavy atom. The van der Waals surface area contributed by atoms with Crippen LogP contribution in [0.1, 0.15) is 19.8 Å². The monoisotopic (exact) mass is 160 g/mol. The quantitative estimate of drug-likeness (QED) is 0.460. The van der Waals surface area contributed by atoms with Crippen LogP contribution in [0.2, 0.25) is 0 Å². The predicted molar refractivity (Wildman–Crippen MR) is 37.9 cm³/mol. The van der Waals surface area contributed by atoms with Crippen LogP contribution in [0.15, 0.2) is 0 Å². The smallest absolute Gasteiger partial charge is 0.313 e. The van der Waals surface area contributed by atoms with Crippen LogP contribution < -0.4 is 0 Å². The number of rotatable bonds is 4. The first-order valence-corrected chi connectivity index (χ1v) is 3.33. The summed E-state index contributed by atoms with van der Waals surface area (Å²) in [6.45, 7) is 1.50. The van der Waals surface area contributed by atoms with Crippen molar-refractivity contribution in [2.24, 2.45) is 0 Å². The highest BCUT2D eigenvalue weighted by atomic mass is 16.5. The van der Waals surface area contributed by atoms with Gasteiger partial charge in [0.25, 0.3) is 0 Å². The summed E-state index contributed by atoms with van der Waals surface area (Å²) in [6.07, 6.45) is -0.927. The molecule has 0 saturated carbocycles. The van der Waals surface area contributed by atoms with E-state index >= 15 is 0 Å². The molecule has 4 nitrogen and oxygen atoms in total. The van der Waals surface area contributed by atoms with E-state index < -0.39 is 12.1 Å². The van der Waals surface area contributed by atoms with Gasteiger partial charge in [-0.3, -0.25) is 9.59 Å². The lowest BCUT2D eigenvalue weighted by molar-refractivity contribution is -0.143. The molecule has 0 radical (unpaired) electrons. The van der Waals surface area contributed by atoms with E-state index in [1.807, 2.05) is 0 Å². The number of ether oxygens (including phenoxy) is 1. The Morgan fingerprint density at radius 2 is 2.09 bits per heavy atom. The minimum Gasteiger partial charge on any atom is -0.469 e. The minimum absolute atomic E-state index is 0.00903. The first-order valence-electron chi connectivity index (χ1n) is 3.33. The molecule has 1 unspecified atom stereocenters. The van der Waals surface area contributed by atoms with E-state index in [0.717, 1.165) is 0 Å². The summed E-state index contributed by atoms with van der Waals surface area (Å²) in [6, 6.07) is 0. The third kappa shape index (κ3) is 5.54. The van der Waals surface area contributed by atoms with Crippen molar-refractivity contribution in [2.45, 2.75) is 25.9 Å². The number of esters is 1. The third-order valence-corrected chi connectivity index (χ3v) is 1.09. The molecule has 1 atom stereocenters. The summed E-state index contributed by atoms with van der Waals surface area (Å²) >= 11 is 0. The fourth-order valence-corrected chi connectivity index (χ4v) is 0.635. The van der Waals surface area contributed by atoms with Crippen LogP contribution in [0.3, 0.4) is 0 Å². The largest absolute Gasteiger partial charge is 0.469 e. The molecule has 0 rings (SSSR count). The standard InChI is InChI=1S/C7H12O4/c1-5(8)3-6(9)4-7(10)11-2/h5,8H,3-4H2,1-2H3. The molecule has 0 fully saturated rings. The van der Waals surface area contributed by atoms with Gasteiger partial charge in [-0.05, 0) is 6.92 Å². The number of carbonyl (C=O) groups excluding carboxylic acids is 2. The topological polar surface area (TPSA) is 63.6 Å². The number of aliphatic hydroxyl groups excluding tert-OH is 1. The van der Waals surface area contributed by atoms with Crippen molar-refractivity contribution < 1.29 is 19.4 Å². The highest BCUT2D eigenvalue weighted by Gasteiger charge is 2.11. The zero-order valence-electron chi connectivity index (χ0n) is 6.66. The Bertz CT molecular complexity index is 151. The average molecular weight is 160 g/mol. The van der Waals surface area contributed by atoms with Gasteiger partial charge in [0.2, 0.25) is 0 Å². The number of hydrogen-bond acceptors (Lipinski definition) is 4. The van der Waals surface area contributed by atoms with E-state index in [2.05, 4.69) is 4.74 Å². The molecule has 0 amide bonds. The van der Waals surface area contributed by atoms with Crippen molar-refractivity contribution in [3.05, 3.63) is 0 Å². The van der Waals surface area contributed by atoms with E-state index in [-0.39, 0.29) is 18.6 Å². The third-order valence-electron chi connectivity index (χ3n) is 1.09. The summed E-state index contributed by atoms with van der Waals surface area (Å²) in [7, 11) is 1.22. The van der Waals surface area contributed by atoms with Crippen molar-refractivity contribution >= 4 is 11.8 Å². The average Bonchev–Trinajstić information content (AvgIpc) is 1.85. The number of hydrogen-bond donors (Lipinski definition) is 1. The van der Waals surface area contributed by atoms with Gasteiger partial charge in [-0.25, -0.2) is 0 Å². The number of methoxy groups -OCH3 is 1. The molecular formula is C7H12O4. The maximum absolute atomic E-state index is 10.8. The van der Waals surface area contributed by atoms with Crippen molar-refractivity contribution in [2.75, 3.05) is 7.11 Å².